The summed E-state index contributed by atoms with van der Waals surface area (Å²) in [5.74, 6) is -0.227. The van der Waals surface area contributed by atoms with Crippen molar-refractivity contribution in [3.63, 3.8) is 0 Å². The van der Waals surface area contributed by atoms with Gasteiger partial charge in [0.25, 0.3) is 0 Å². The summed E-state index contributed by atoms with van der Waals surface area (Å²) >= 11 is 3.59. The van der Waals surface area contributed by atoms with Gasteiger partial charge in [0, 0.05) is 23.2 Å². The number of carbonyl (C=O) groups excluding carboxylic acids is 1. The summed E-state index contributed by atoms with van der Waals surface area (Å²) in [6.07, 6.45) is 3.04. The van der Waals surface area contributed by atoms with Gasteiger partial charge < -0.3 is 16.0 Å². The molecule has 0 radical (unpaired) electrons. The monoisotopic (exact) mass is 325 g/mol. The number of hydrogen-bond donors (Lipinski definition) is 2. The number of nitrogens with zero attached hydrogens (tertiary/aromatic N) is 1. The molecule has 1 amide bonds. The van der Waals surface area contributed by atoms with E-state index in [1.807, 2.05) is 7.05 Å². The van der Waals surface area contributed by atoms with Crippen LogP contribution in [0, 0.1) is 0 Å². The molecule has 1 atom stereocenters. The first kappa shape index (κ1) is 14.3. The van der Waals surface area contributed by atoms with Crippen molar-refractivity contribution in [3.05, 3.63) is 28.2 Å². The summed E-state index contributed by atoms with van der Waals surface area (Å²) in [5.41, 5.74) is 7.78. The molecular formula is C14H20BrN3O. The lowest BCUT2D eigenvalue weighted by atomic mass is 10.0. The predicted octanol–water partition coefficient (Wildman–Crippen LogP) is 2.01. The average Bonchev–Trinajstić information content (AvgIpc) is 2.41. The summed E-state index contributed by atoms with van der Waals surface area (Å²) in [6.45, 7) is 1.71. The number of nitrogens with one attached hydrogen (secondary N) is 1. The molecule has 5 heteroatoms. The smallest absolute Gasteiger partial charge is 0.240 e. The first-order valence-corrected chi connectivity index (χ1v) is 7.41. The normalized spacial score (nSPS) is 19.5. The number of primary amides is 1. The lowest BCUT2D eigenvalue weighted by Crippen LogP contribution is -2.47. The topological polar surface area (TPSA) is 58.4 Å². The van der Waals surface area contributed by atoms with Crippen LogP contribution in [0.2, 0.25) is 0 Å². The second kappa shape index (κ2) is 6.39. The lowest BCUT2D eigenvalue weighted by molar-refractivity contribution is -0.119. The number of benzene rings is 1. The van der Waals surface area contributed by atoms with Crippen LogP contribution in [0.4, 0.5) is 5.69 Å². The van der Waals surface area contributed by atoms with Crippen molar-refractivity contribution < 1.29 is 4.79 Å². The van der Waals surface area contributed by atoms with Crippen molar-refractivity contribution >= 4 is 27.5 Å². The highest BCUT2D eigenvalue weighted by Gasteiger charge is 2.27. The largest absolute Gasteiger partial charge is 0.368 e. The SMILES string of the molecule is CNCc1ccc(N2CCCCC2C(N)=O)cc1Br. The van der Waals surface area contributed by atoms with Gasteiger partial charge in [-0.15, -0.1) is 0 Å². The van der Waals surface area contributed by atoms with E-state index in [-0.39, 0.29) is 11.9 Å². The molecule has 1 unspecified atom stereocenters. The van der Waals surface area contributed by atoms with Gasteiger partial charge in [0.2, 0.25) is 5.91 Å². The van der Waals surface area contributed by atoms with Gasteiger partial charge in [-0.2, -0.15) is 0 Å². The molecule has 1 aliphatic rings. The van der Waals surface area contributed by atoms with E-state index in [0.717, 1.165) is 42.5 Å². The van der Waals surface area contributed by atoms with E-state index >= 15 is 0 Å². The molecule has 3 N–H and O–H groups in total. The lowest BCUT2D eigenvalue weighted by Gasteiger charge is -2.35. The van der Waals surface area contributed by atoms with Crippen LogP contribution in [0.15, 0.2) is 22.7 Å². The number of hydrogen-bond acceptors (Lipinski definition) is 3. The third kappa shape index (κ3) is 3.28. The van der Waals surface area contributed by atoms with Crippen LogP contribution in [0.5, 0.6) is 0 Å². The number of piperidine rings is 1. The minimum Gasteiger partial charge on any atom is -0.368 e. The number of amides is 1. The van der Waals surface area contributed by atoms with Crippen molar-refractivity contribution in [2.45, 2.75) is 31.8 Å². The Hall–Kier alpha value is -1.07. The molecule has 1 fully saturated rings. The fourth-order valence-corrected chi connectivity index (χ4v) is 3.09. The zero-order valence-corrected chi connectivity index (χ0v) is 12.7. The first-order chi connectivity index (χ1) is 9.13. The highest BCUT2D eigenvalue weighted by molar-refractivity contribution is 9.10. The number of anilines is 1. The quantitative estimate of drug-likeness (QED) is 0.890. The van der Waals surface area contributed by atoms with E-state index in [0.29, 0.717) is 0 Å². The fraction of sp³-hybridized carbons (Fsp3) is 0.500. The minimum atomic E-state index is -0.227. The molecule has 0 saturated carbocycles. The Morgan fingerprint density at radius 1 is 1.53 bits per heavy atom. The van der Waals surface area contributed by atoms with Gasteiger partial charge >= 0.3 is 0 Å². The van der Waals surface area contributed by atoms with Gasteiger partial charge in [-0.3, -0.25) is 4.79 Å². The molecule has 1 saturated heterocycles. The van der Waals surface area contributed by atoms with E-state index in [2.05, 4.69) is 44.3 Å². The third-order valence-electron chi connectivity index (χ3n) is 3.57. The van der Waals surface area contributed by atoms with Crippen molar-refractivity contribution in [1.82, 2.24) is 5.32 Å². The van der Waals surface area contributed by atoms with Gasteiger partial charge in [0.15, 0.2) is 0 Å². The van der Waals surface area contributed by atoms with Crippen LogP contribution < -0.4 is 16.0 Å². The summed E-state index contributed by atoms with van der Waals surface area (Å²) < 4.78 is 1.06. The highest BCUT2D eigenvalue weighted by Crippen LogP contribution is 2.29. The maximum Gasteiger partial charge on any atom is 0.240 e. The predicted molar refractivity (Wildman–Crippen MR) is 81.1 cm³/mol. The van der Waals surface area contributed by atoms with Gasteiger partial charge in [-0.1, -0.05) is 22.0 Å². The Kier molecular flexibility index (Phi) is 4.82. The van der Waals surface area contributed by atoms with Crippen LogP contribution in [0.25, 0.3) is 0 Å². The Morgan fingerprint density at radius 2 is 2.32 bits per heavy atom. The Bertz CT molecular complexity index is 464. The number of halogens is 1. The molecular weight excluding hydrogens is 306 g/mol. The van der Waals surface area contributed by atoms with Gasteiger partial charge in [0.05, 0.1) is 0 Å². The molecule has 0 aliphatic carbocycles. The Balaban J connectivity index is 2.24. The second-order valence-corrected chi connectivity index (χ2v) is 5.77. The van der Waals surface area contributed by atoms with Crippen molar-refractivity contribution in [2.75, 3.05) is 18.5 Å². The molecule has 1 aliphatic heterocycles. The van der Waals surface area contributed by atoms with Crippen LogP contribution in [0.1, 0.15) is 24.8 Å². The van der Waals surface area contributed by atoms with E-state index in [9.17, 15) is 4.79 Å². The van der Waals surface area contributed by atoms with Crippen molar-refractivity contribution in [3.8, 4) is 0 Å². The third-order valence-corrected chi connectivity index (χ3v) is 4.30. The summed E-state index contributed by atoms with van der Waals surface area (Å²) in [5, 5.41) is 3.13. The summed E-state index contributed by atoms with van der Waals surface area (Å²) in [6, 6.07) is 6.06. The molecule has 1 aromatic carbocycles. The molecule has 4 nitrogen and oxygen atoms in total. The summed E-state index contributed by atoms with van der Waals surface area (Å²) in [4.78, 5) is 13.7. The molecule has 2 rings (SSSR count). The number of carbonyl (C=O) groups is 1. The van der Waals surface area contributed by atoms with Crippen molar-refractivity contribution in [1.29, 1.82) is 0 Å². The highest BCUT2D eigenvalue weighted by atomic mass is 79.9. The van der Waals surface area contributed by atoms with Gasteiger partial charge in [-0.25, -0.2) is 0 Å². The average molecular weight is 326 g/mol. The maximum absolute atomic E-state index is 11.6. The Morgan fingerprint density at radius 3 is 2.95 bits per heavy atom. The van der Waals surface area contributed by atoms with Crippen LogP contribution >= 0.6 is 15.9 Å². The van der Waals surface area contributed by atoms with Crippen LogP contribution in [0.3, 0.4) is 0 Å². The molecule has 19 heavy (non-hydrogen) atoms. The molecule has 0 bridgehead atoms. The van der Waals surface area contributed by atoms with Crippen LogP contribution in [-0.4, -0.2) is 25.5 Å². The van der Waals surface area contributed by atoms with Crippen LogP contribution in [-0.2, 0) is 11.3 Å². The minimum absolute atomic E-state index is 0.171. The summed E-state index contributed by atoms with van der Waals surface area (Å²) in [7, 11) is 1.92. The number of rotatable bonds is 4. The zero-order chi connectivity index (χ0) is 13.8. The fourth-order valence-electron chi connectivity index (χ4n) is 2.59. The molecule has 0 aromatic heterocycles. The molecule has 1 aromatic rings. The van der Waals surface area contributed by atoms with Gasteiger partial charge in [0.1, 0.15) is 6.04 Å². The second-order valence-electron chi connectivity index (χ2n) is 4.91. The standard InChI is InChI=1S/C14H20BrN3O/c1-17-9-10-5-6-11(8-12(10)15)18-7-3-2-4-13(18)14(16)19/h5-6,8,13,17H,2-4,7,9H2,1H3,(H2,16,19). The first-order valence-electron chi connectivity index (χ1n) is 6.62. The molecule has 1 heterocycles. The van der Waals surface area contributed by atoms with E-state index in [4.69, 9.17) is 5.73 Å². The van der Waals surface area contributed by atoms with E-state index in [1.54, 1.807) is 0 Å². The zero-order valence-electron chi connectivity index (χ0n) is 11.2. The maximum atomic E-state index is 11.6. The molecule has 0 spiro atoms. The molecule has 104 valence electrons. The van der Waals surface area contributed by atoms with E-state index < -0.39 is 0 Å². The van der Waals surface area contributed by atoms with E-state index in [1.165, 1.54) is 5.56 Å². The van der Waals surface area contributed by atoms with Gasteiger partial charge in [-0.05, 0) is 44.0 Å². The Labute approximate surface area is 122 Å². The number of nitrogens with two attached hydrogens (primary N) is 1. The van der Waals surface area contributed by atoms with Crippen molar-refractivity contribution in [2.24, 2.45) is 5.73 Å².